The summed E-state index contributed by atoms with van der Waals surface area (Å²) in [6, 6.07) is 0.441. The summed E-state index contributed by atoms with van der Waals surface area (Å²) < 4.78 is 0. The Labute approximate surface area is 74.1 Å². The molecule has 12 heavy (non-hydrogen) atoms. The predicted octanol–water partition coefficient (Wildman–Crippen LogP) is 1.28. The van der Waals surface area contributed by atoms with E-state index >= 15 is 0 Å². The molecule has 0 spiro atoms. The van der Waals surface area contributed by atoms with Gasteiger partial charge in [0, 0.05) is 12.6 Å². The molecule has 0 radical (unpaired) electrons. The average Bonchev–Trinajstić information content (AvgIpc) is 2.86. The van der Waals surface area contributed by atoms with E-state index in [1.54, 1.807) is 0 Å². The Hall–Kier alpha value is -0.0800. The van der Waals surface area contributed by atoms with Crippen LogP contribution in [0, 0.1) is 11.3 Å². The van der Waals surface area contributed by atoms with Crippen LogP contribution in [-0.4, -0.2) is 17.8 Å². The molecule has 2 aliphatic carbocycles. The van der Waals surface area contributed by atoms with Crippen LogP contribution in [0.3, 0.4) is 0 Å². The molecule has 0 amide bonds. The summed E-state index contributed by atoms with van der Waals surface area (Å²) in [5.41, 5.74) is 6.19. The maximum Gasteiger partial charge on any atom is 0.0490 e. The van der Waals surface area contributed by atoms with Gasteiger partial charge in [0.25, 0.3) is 0 Å². The summed E-state index contributed by atoms with van der Waals surface area (Å²) in [4.78, 5) is 0. The van der Waals surface area contributed by atoms with Gasteiger partial charge >= 0.3 is 0 Å². The summed E-state index contributed by atoms with van der Waals surface area (Å²) in [6.07, 6.45) is 7.36. The lowest BCUT2D eigenvalue weighted by atomic mass is 9.76. The Morgan fingerprint density at radius 3 is 2.17 bits per heavy atom. The van der Waals surface area contributed by atoms with Gasteiger partial charge in [-0.1, -0.05) is 0 Å². The molecule has 3 N–H and O–H groups in total. The van der Waals surface area contributed by atoms with Gasteiger partial charge in [-0.2, -0.15) is 0 Å². The fraction of sp³-hybridized carbons (Fsp3) is 1.00. The second-order valence-electron chi connectivity index (χ2n) is 4.63. The van der Waals surface area contributed by atoms with Crippen molar-refractivity contribution in [3.05, 3.63) is 0 Å². The molecule has 0 saturated heterocycles. The van der Waals surface area contributed by atoms with Crippen molar-refractivity contribution >= 4 is 0 Å². The van der Waals surface area contributed by atoms with Crippen LogP contribution in [0.2, 0.25) is 0 Å². The van der Waals surface area contributed by atoms with Crippen LogP contribution in [0.25, 0.3) is 0 Å². The van der Waals surface area contributed by atoms with Gasteiger partial charge < -0.3 is 10.8 Å². The molecule has 0 aromatic rings. The van der Waals surface area contributed by atoms with E-state index in [4.69, 9.17) is 5.73 Å². The van der Waals surface area contributed by atoms with E-state index in [2.05, 4.69) is 0 Å². The van der Waals surface area contributed by atoms with Crippen molar-refractivity contribution in [2.45, 2.75) is 44.6 Å². The Bertz CT molecular complexity index is 157. The first kappa shape index (κ1) is 8.52. The molecule has 0 aromatic carbocycles. The molecule has 2 saturated carbocycles. The number of hydrogen-bond acceptors (Lipinski definition) is 2. The maximum absolute atomic E-state index is 9.24. The summed E-state index contributed by atoms with van der Waals surface area (Å²) in [5.74, 6) is 0.780. The van der Waals surface area contributed by atoms with Gasteiger partial charge in [-0.3, -0.25) is 0 Å². The zero-order chi connectivity index (χ0) is 8.60. The lowest BCUT2D eigenvalue weighted by Crippen LogP contribution is -2.31. The minimum absolute atomic E-state index is 0.347. The maximum atomic E-state index is 9.24. The van der Waals surface area contributed by atoms with Gasteiger partial charge in [0.15, 0.2) is 0 Å². The molecule has 0 bridgehead atoms. The molecule has 0 aromatic heterocycles. The third-order valence-electron chi connectivity index (χ3n) is 3.84. The van der Waals surface area contributed by atoms with Crippen LogP contribution in [-0.2, 0) is 0 Å². The molecule has 70 valence electrons. The summed E-state index contributed by atoms with van der Waals surface area (Å²) in [6.45, 7) is 0.410. The monoisotopic (exact) mass is 169 g/mol. The highest BCUT2D eigenvalue weighted by atomic mass is 16.3. The van der Waals surface area contributed by atoms with E-state index in [-0.39, 0.29) is 0 Å². The summed E-state index contributed by atoms with van der Waals surface area (Å²) in [7, 11) is 0. The molecule has 0 atom stereocenters. The van der Waals surface area contributed by atoms with Crippen LogP contribution in [0.1, 0.15) is 38.5 Å². The van der Waals surface area contributed by atoms with E-state index in [1.807, 2.05) is 0 Å². The van der Waals surface area contributed by atoms with Crippen LogP contribution in [0.5, 0.6) is 0 Å². The van der Waals surface area contributed by atoms with Crippen molar-refractivity contribution in [3.63, 3.8) is 0 Å². The fourth-order valence-corrected chi connectivity index (χ4v) is 2.59. The van der Waals surface area contributed by atoms with E-state index in [0.717, 1.165) is 5.92 Å². The number of hydrogen-bond donors (Lipinski definition) is 2. The van der Waals surface area contributed by atoms with Crippen LogP contribution in [0.4, 0.5) is 0 Å². The highest BCUT2D eigenvalue weighted by Crippen LogP contribution is 2.55. The van der Waals surface area contributed by atoms with Gasteiger partial charge in [-0.25, -0.2) is 0 Å². The van der Waals surface area contributed by atoms with Gasteiger partial charge in [0.05, 0.1) is 0 Å². The molecule has 2 aliphatic rings. The van der Waals surface area contributed by atoms with Gasteiger partial charge in [-0.15, -0.1) is 0 Å². The Morgan fingerprint density at radius 1 is 1.17 bits per heavy atom. The second kappa shape index (κ2) is 3.00. The zero-order valence-corrected chi connectivity index (χ0v) is 7.63. The average molecular weight is 169 g/mol. The van der Waals surface area contributed by atoms with Crippen molar-refractivity contribution in [3.8, 4) is 0 Å². The molecular formula is C10H19NO. The molecule has 0 aliphatic heterocycles. The molecule has 2 heteroatoms. The smallest absolute Gasteiger partial charge is 0.0490 e. The van der Waals surface area contributed by atoms with Crippen LogP contribution in [0.15, 0.2) is 0 Å². The molecule has 0 heterocycles. The first-order valence-electron chi connectivity index (χ1n) is 5.13. The predicted molar refractivity (Wildman–Crippen MR) is 48.7 cm³/mol. The Balaban J connectivity index is 1.89. The molecule has 0 unspecified atom stereocenters. The van der Waals surface area contributed by atoms with Crippen molar-refractivity contribution < 1.29 is 5.11 Å². The number of aliphatic hydroxyl groups is 1. The number of nitrogens with two attached hydrogens (primary N) is 1. The van der Waals surface area contributed by atoms with Gasteiger partial charge in [0.1, 0.15) is 0 Å². The highest BCUT2D eigenvalue weighted by Gasteiger charge is 2.48. The van der Waals surface area contributed by atoms with E-state index in [9.17, 15) is 5.11 Å². The topological polar surface area (TPSA) is 46.2 Å². The third-order valence-corrected chi connectivity index (χ3v) is 3.84. The van der Waals surface area contributed by atoms with Crippen molar-refractivity contribution in [2.24, 2.45) is 17.1 Å². The SMILES string of the molecule is NC1CCC(C2(CO)CC2)CC1. The van der Waals surface area contributed by atoms with Crippen molar-refractivity contribution in [2.75, 3.05) is 6.61 Å². The summed E-state index contributed by atoms with van der Waals surface area (Å²) >= 11 is 0. The van der Waals surface area contributed by atoms with Gasteiger partial charge in [0.2, 0.25) is 0 Å². The lowest BCUT2D eigenvalue weighted by molar-refractivity contribution is 0.124. The molecular weight excluding hydrogens is 150 g/mol. The van der Waals surface area contributed by atoms with Crippen molar-refractivity contribution in [1.29, 1.82) is 0 Å². The minimum atomic E-state index is 0.347. The van der Waals surface area contributed by atoms with E-state index < -0.39 is 0 Å². The minimum Gasteiger partial charge on any atom is -0.396 e. The molecule has 2 fully saturated rings. The van der Waals surface area contributed by atoms with E-state index in [0.29, 0.717) is 18.1 Å². The van der Waals surface area contributed by atoms with E-state index in [1.165, 1.54) is 38.5 Å². The third kappa shape index (κ3) is 1.38. The Kier molecular flexibility index (Phi) is 2.13. The fourth-order valence-electron chi connectivity index (χ4n) is 2.59. The Morgan fingerprint density at radius 2 is 1.75 bits per heavy atom. The van der Waals surface area contributed by atoms with Crippen LogP contribution >= 0.6 is 0 Å². The zero-order valence-electron chi connectivity index (χ0n) is 7.63. The summed E-state index contributed by atoms with van der Waals surface area (Å²) in [5, 5.41) is 9.24. The standard InChI is InChI=1S/C10H19NO/c11-9-3-1-8(2-4-9)10(7-12)5-6-10/h8-9,12H,1-7,11H2. The highest BCUT2D eigenvalue weighted by molar-refractivity contribution is 4.99. The first-order valence-corrected chi connectivity index (χ1v) is 5.13. The largest absolute Gasteiger partial charge is 0.396 e. The number of aliphatic hydroxyl groups excluding tert-OH is 1. The first-order chi connectivity index (χ1) is 5.77. The van der Waals surface area contributed by atoms with Crippen LogP contribution < -0.4 is 5.73 Å². The molecule has 2 nitrogen and oxygen atoms in total. The molecule has 2 rings (SSSR count). The normalized spacial score (nSPS) is 39.5. The lowest BCUT2D eigenvalue weighted by Gasteiger charge is -2.31. The quantitative estimate of drug-likeness (QED) is 0.654. The van der Waals surface area contributed by atoms with Gasteiger partial charge in [-0.05, 0) is 49.9 Å². The second-order valence-corrected chi connectivity index (χ2v) is 4.63. The van der Waals surface area contributed by atoms with Crippen molar-refractivity contribution in [1.82, 2.24) is 0 Å². The number of rotatable bonds is 2.